The smallest absolute Gasteiger partial charge is 0.143 e. The number of ether oxygens (including phenoxy) is 6. The molecule has 0 saturated carbocycles. The molecule has 0 aliphatic heterocycles. The Morgan fingerprint density at radius 3 is 0.827 bits per heavy atom. The molecule has 0 heterocycles. The molecule has 7 heteroatoms. The third-order valence-corrected chi connectivity index (χ3v) is 9.33. The lowest BCUT2D eigenvalue weighted by Gasteiger charge is -2.38. The first-order chi connectivity index (χ1) is 25.5. The molecule has 0 amide bonds. The Morgan fingerprint density at radius 1 is 0.365 bits per heavy atom. The van der Waals surface area contributed by atoms with E-state index < -0.39 is 17.3 Å². The van der Waals surface area contributed by atoms with E-state index in [-0.39, 0.29) is 13.2 Å². The Morgan fingerprint density at radius 2 is 0.596 bits per heavy atom. The van der Waals surface area contributed by atoms with Crippen molar-refractivity contribution in [3.05, 3.63) is 191 Å². The second kappa shape index (κ2) is 16.6. The van der Waals surface area contributed by atoms with Gasteiger partial charge in [0, 0.05) is 0 Å². The average Bonchev–Trinajstić information content (AvgIpc) is 3.23. The summed E-state index contributed by atoms with van der Waals surface area (Å²) in [5.74, 6) is 2.90. The van der Waals surface area contributed by atoms with Gasteiger partial charge in [-0.05, 0) is 81.9 Å². The van der Waals surface area contributed by atoms with Crippen LogP contribution in [0.1, 0.15) is 33.4 Å². The highest BCUT2D eigenvalue weighted by Crippen LogP contribution is 2.44. The molecule has 0 aliphatic rings. The molecule has 0 bridgehead atoms. The minimum absolute atomic E-state index is 0.0525. The summed E-state index contributed by atoms with van der Waals surface area (Å²) in [7, 11) is 6.57. The van der Waals surface area contributed by atoms with Crippen LogP contribution < -0.4 is 18.9 Å². The van der Waals surface area contributed by atoms with Crippen LogP contribution in [0.5, 0.6) is 23.0 Å². The summed E-state index contributed by atoms with van der Waals surface area (Å²) in [5, 5.41) is 11.9. The number of hydrogen-bond acceptors (Lipinski definition) is 7. The molecular weight excluding hydrogens is 652 g/mol. The van der Waals surface area contributed by atoms with E-state index in [1.807, 2.05) is 158 Å². The van der Waals surface area contributed by atoms with Crippen LogP contribution in [0.2, 0.25) is 0 Å². The lowest BCUT2D eigenvalue weighted by atomic mass is 9.79. The molecule has 7 nitrogen and oxygen atoms in total. The van der Waals surface area contributed by atoms with Gasteiger partial charge in [0.05, 0.1) is 41.7 Å². The highest BCUT2D eigenvalue weighted by atomic mass is 16.5. The monoisotopic (exact) mass is 696 g/mol. The summed E-state index contributed by atoms with van der Waals surface area (Å²) in [4.78, 5) is 0. The predicted molar refractivity (Wildman–Crippen MR) is 203 cm³/mol. The van der Waals surface area contributed by atoms with E-state index in [9.17, 15) is 5.11 Å². The zero-order chi connectivity index (χ0) is 36.4. The third kappa shape index (κ3) is 7.39. The first-order valence-electron chi connectivity index (χ1n) is 17.1. The van der Waals surface area contributed by atoms with Crippen molar-refractivity contribution >= 4 is 0 Å². The fourth-order valence-corrected chi connectivity index (χ4v) is 6.64. The molecule has 1 N–H and O–H groups in total. The van der Waals surface area contributed by atoms with E-state index in [4.69, 9.17) is 28.4 Å². The Hall–Kier alpha value is -5.60. The van der Waals surface area contributed by atoms with Crippen molar-refractivity contribution in [2.75, 3.05) is 41.7 Å². The molecule has 0 atom stereocenters. The number of aliphatic hydroxyl groups excluding tert-OH is 1. The normalized spacial score (nSPS) is 11.7. The van der Waals surface area contributed by atoms with Gasteiger partial charge in [-0.1, -0.05) is 109 Å². The van der Waals surface area contributed by atoms with Crippen LogP contribution in [0.3, 0.4) is 0 Å². The minimum Gasteiger partial charge on any atom is -0.497 e. The summed E-state index contributed by atoms with van der Waals surface area (Å²) in [6.07, 6.45) is -1.03. The minimum atomic E-state index is -1.09. The maximum atomic E-state index is 11.9. The Balaban J connectivity index is 1.40. The quantitative estimate of drug-likeness (QED) is 0.102. The van der Waals surface area contributed by atoms with Gasteiger partial charge < -0.3 is 33.5 Å². The number of methoxy groups -OCH3 is 4. The largest absolute Gasteiger partial charge is 0.497 e. The summed E-state index contributed by atoms with van der Waals surface area (Å²) in [6.45, 7) is -0.105. The Kier molecular flexibility index (Phi) is 11.6. The fraction of sp³-hybridized carbons (Fsp3) is 0.200. The Bertz CT molecular complexity index is 1720. The van der Waals surface area contributed by atoms with E-state index in [1.54, 1.807) is 28.4 Å². The van der Waals surface area contributed by atoms with Crippen molar-refractivity contribution in [1.82, 2.24) is 0 Å². The first-order valence-corrected chi connectivity index (χ1v) is 17.1. The second-order valence-corrected chi connectivity index (χ2v) is 12.3. The van der Waals surface area contributed by atoms with Crippen molar-refractivity contribution in [3.8, 4) is 23.0 Å². The standard InChI is InChI=1S/C45H44O7/c1-47-40-23-15-35(16-24-40)44(33-11-7-5-8-12-33,36-17-25-41(48-2)26-18-36)51-31-39(46)32-52-45(34-13-9-6-10-14-34,37-19-27-42(49-3)28-20-37)38-21-29-43(50-4)30-22-38/h5-30,39,46H,31-32H2,1-4H3. The van der Waals surface area contributed by atoms with Crippen LogP contribution in [-0.4, -0.2) is 52.9 Å². The summed E-state index contributed by atoms with van der Waals surface area (Å²) in [6, 6.07) is 51.3. The highest BCUT2D eigenvalue weighted by molar-refractivity contribution is 5.51. The lowest BCUT2D eigenvalue weighted by Crippen LogP contribution is -2.39. The Labute approximate surface area is 305 Å². The topological polar surface area (TPSA) is 75.6 Å². The molecular formula is C45H44O7. The second-order valence-electron chi connectivity index (χ2n) is 12.3. The molecule has 6 aromatic rings. The molecule has 6 rings (SSSR count). The van der Waals surface area contributed by atoms with Crippen molar-refractivity contribution < 1.29 is 33.5 Å². The number of hydrogen-bond donors (Lipinski definition) is 1. The zero-order valence-corrected chi connectivity index (χ0v) is 29.9. The van der Waals surface area contributed by atoms with Crippen LogP contribution in [-0.2, 0) is 20.7 Å². The van der Waals surface area contributed by atoms with Crippen LogP contribution in [0.25, 0.3) is 0 Å². The number of aliphatic hydroxyl groups is 1. The van der Waals surface area contributed by atoms with Gasteiger partial charge >= 0.3 is 0 Å². The van der Waals surface area contributed by atoms with Gasteiger partial charge in [0.15, 0.2) is 0 Å². The van der Waals surface area contributed by atoms with Crippen molar-refractivity contribution in [2.24, 2.45) is 0 Å². The van der Waals surface area contributed by atoms with E-state index in [1.165, 1.54) is 0 Å². The van der Waals surface area contributed by atoms with E-state index in [2.05, 4.69) is 0 Å². The van der Waals surface area contributed by atoms with Crippen molar-refractivity contribution in [3.63, 3.8) is 0 Å². The van der Waals surface area contributed by atoms with Crippen LogP contribution in [0, 0.1) is 0 Å². The molecule has 266 valence electrons. The van der Waals surface area contributed by atoms with E-state index >= 15 is 0 Å². The first kappa shape index (κ1) is 36.2. The van der Waals surface area contributed by atoms with E-state index in [0.717, 1.165) is 56.4 Å². The fourth-order valence-electron chi connectivity index (χ4n) is 6.64. The van der Waals surface area contributed by atoms with Crippen LogP contribution in [0.15, 0.2) is 158 Å². The van der Waals surface area contributed by atoms with Gasteiger partial charge in [0.25, 0.3) is 0 Å². The molecule has 0 fully saturated rings. The maximum Gasteiger partial charge on any atom is 0.143 e. The summed E-state index contributed by atoms with van der Waals surface area (Å²) in [5.41, 5.74) is 3.08. The highest BCUT2D eigenvalue weighted by Gasteiger charge is 2.41. The number of rotatable bonds is 16. The molecule has 0 aromatic heterocycles. The summed E-state index contributed by atoms with van der Waals surface area (Å²) < 4.78 is 36.0. The SMILES string of the molecule is COc1ccc(C(OCC(O)COC(c2ccccc2)(c2ccc(OC)cc2)c2ccc(OC)cc2)(c2ccccc2)c2ccc(OC)cc2)cc1. The van der Waals surface area contributed by atoms with Crippen LogP contribution >= 0.6 is 0 Å². The third-order valence-electron chi connectivity index (χ3n) is 9.33. The van der Waals surface area contributed by atoms with Crippen molar-refractivity contribution in [1.29, 1.82) is 0 Å². The lowest BCUT2D eigenvalue weighted by molar-refractivity contribution is -0.0885. The van der Waals surface area contributed by atoms with Gasteiger partial charge in [0.1, 0.15) is 40.3 Å². The molecule has 0 unspecified atom stereocenters. The van der Waals surface area contributed by atoms with Gasteiger partial charge in [-0.15, -0.1) is 0 Å². The zero-order valence-electron chi connectivity index (χ0n) is 29.9. The maximum absolute atomic E-state index is 11.9. The van der Waals surface area contributed by atoms with Crippen LogP contribution in [0.4, 0.5) is 0 Å². The van der Waals surface area contributed by atoms with E-state index in [0.29, 0.717) is 0 Å². The molecule has 52 heavy (non-hydrogen) atoms. The molecule has 6 aromatic carbocycles. The predicted octanol–water partition coefficient (Wildman–Crippen LogP) is 8.40. The molecule has 0 saturated heterocycles. The van der Waals surface area contributed by atoms with Gasteiger partial charge in [-0.2, -0.15) is 0 Å². The molecule has 0 aliphatic carbocycles. The summed E-state index contributed by atoms with van der Waals surface area (Å²) >= 11 is 0. The van der Waals surface area contributed by atoms with Gasteiger partial charge in [-0.3, -0.25) is 0 Å². The molecule has 0 radical (unpaired) electrons. The molecule has 0 spiro atoms. The van der Waals surface area contributed by atoms with Gasteiger partial charge in [0.2, 0.25) is 0 Å². The van der Waals surface area contributed by atoms with Crippen molar-refractivity contribution in [2.45, 2.75) is 17.3 Å². The number of benzene rings is 6. The van der Waals surface area contributed by atoms with Gasteiger partial charge in [-0.25, -0.2) is 0 Å². The average molecular weight is 697 g/mol.